The summed E-state index contributed by atoms with van der Waals surface area (Å²) in [4.78, 5) is 26.2. The van der Waals surface area contributed by atoms with Gasteiger partial charge in [0.05, 0.1) is 22.2 Å². The van der Waals surface area contributed by atoms with Crippen molar-refractivity contribution in [3.8, 4) is 11.3 Å². The van der Waals surface area contributed by atoms with Gasteiger partial charge in [-0.05, 0) is 12.1 Å². The number of hydrogen-bond donors (Lipinski definition) is 1. The number of fused-ring (bicyclic) bond motifs is 1. The maximum Gasteiger partial charge on any atom is 0.228 e. The molecule has 0 saturated heterocycles. The van der Waals surface area contributed by atoms with Gasteiger partial charge in [0.15, 0.2) is 11.6 Å². The number of carboxylic acid groups (broad SMARTS) is 1. The third-order valence-corrected chi connectivity index (χ3v) is 4.07. The molecule has 0 aliphatic heterocycles. The van der Waals surface area contributed by atoms with Gasteiger partial charge in [-0.1, -0.05) is 17.7 Å². The molecule has 3 aromatic rings. The highest BCUT2D eigenvalue weighted by atomic mass is 35.5. The molecule has 25 heavy (non-hydrogen) atoms. The second-order valence-corrected chi connectivity index (χ2v) is 5.59. The summed E-state index contributed by atoms with van der Waals surface area (Å²) in [7, 11) is 0. The molecule has 0 atom stereocenters. The molecule has 128 valence electrons. The van der Waals surface area contributed by atoms with Gasteiger partial charge < -0.3 is 15.6 Å². The quantitative estimate of drug-likeness (QED) is 0.751. The smallest absolute Gasteiger partial charge is 0.228 e. The Labute approximate surface area is 144 Å². The topological polar surface area (TPSA) is 101 Å². The molecule has 2 aromatic heterocycles. The van der Waals surface area contributed by atoms with Crippen LogP contribution in [0.5, 0.6) is 0 Å². The Balaban J connectivity index is 2.37. The third kappa shape index (κ3) is 2.51. The predicted octanol–water partition coefficient (Wildman–Crippen LogP) is 2.24. The Morgan fingerprint density at radius 2 is 1.92 bits per heavy atom. The van der Waals surface area contributed by atoms with E-state index >= 15 is 0 Å². The molecule has 0 spiro atoms. The maximum atomic E-state index is 14.9. The van der Waals surface area contributed by atoms with Crippen molar-refractivity contribution in [2.24, 2.45) is 0 Å². The van der Waals surface area contributed by atoms with Crippen molar-refractivity contribution in [2.75, 3.05) is 5.73 Å². The number of rotatable bonds is 2. The number of pyridine rings is 1. The van der Waals surface area contributed by atoms with Gasteiger partial charge >= 0.3 is 0 Å². The number of anilines is 1. The van der Waals surface area contributed by atoms with Crippen molar-refractivity contribution in [3.05, 3.63) is 46.7 Å². The molecule has 2 heterocycles. The molecule has 9 heteroatoms. The number of aromatic carboxylic acids is 1. The number of carbonyl (C=O) groups excluding carboxylic acids is 2. The Bertz CT molecular complexity index is 1060. The van der Waals surface area contributed by atoms with Gasteiger partial charge in [0.2, 0.25) is 5.91 Å². The average Bonchev–Trinajstić information content (AvgIpc) is 2.99. The first-order valence-electron chi connectivity index (χ1n) is 6.90. The number of nitrogens with two attached hydrogens (primary N) is 1. The zero-order chi connectivity index (χ0) is 18.5. The van der Waals surface area contributed by atoms with Gasteiger partial charge in [-0.3, -0.25) is 9.36 Å². The van der Waals surface area contributed by atoms with Crippen molar-refractivity contribution in [3.63, 3.8) is 0 Å². The largest absolute Gasteiger partial charge is 0.543 e. The van der Waals surface area contributed by atoms with E-state index < -0.39 is 45.6 Å². The number of aromatic nitrogens is 2. The molecule has 1 aromatic carbocycles. The Kier molecular flexibility index (Phi) is 3.92. The van der Waals surface area contributed by atoms with E-state index in [1.165, 1.54) is 31.3 Å². The van der Waals surface area contributed by atoms with Crippen LogP contribution in [-0.2, 0) is 0 Å². The molecule has 0 unspecified atom stereocenters. The van der Waals surface area contributed by atoms with Crippen LogP contribution in [0.3, 0.4) is 0 Å². The molecule has 2 N–H and O–H groups in total. The lowest BCUT2D eigenvalue weighted by Gasteiger charge is -2.13. The number of carbonyl (C=O) groups is 2. The van der Waals surface area contributed by atoms with E-state index in [0.29, 0.717) is 5.39 Å². The predicted molar refractivity (Wildman–Crippen MR) is 85.1 cm³/mol. The number of hydrogen-bond acceptors (Lipinski definition) is 5. The maximum absolute atomic E-state index is 14.9. The standard InChI is InChI=1S/C16H10ClF2N3O3/c1-6(23)22-5-4-7-2-3-8(10(18)15(7)22)13-11(19)12(20)9(17)14(21-13)16(24)25/h2-5H,1H3,(H2,20,21)(H,24,25)/p-1. The van der Waals surface area contributed by atoms with Crippen LogP contribution >= 0.6 is 11.6 Å². The molecular weight excluding hydrogens is 356 g/mol. The summed E-state index contributed by atoms with van der Waals surface area (Å²) in [6, 6.07) is 4.16. The monoisotopic (exact) mass is 364 g/mol. The zero-order valence-electron chi connectivity index (χ0n) is 12.6. The molecular formula is C16H9ClF2N3O3-. The normalized spacial score (nSPS) is 11.0. The molecule has 0 bridgehead atoms. The first kappa shape index (κ1) is 16.8. The first-order chi connectivity index (χ1) is 11.7. The molecule has 3 rings (SSSR count). The minimum absolute atomic E-state index is 0.0882. The van der Waals surface area contributed by atoms with Crippen molar-refractivity contribution < 1.29 is 23.5 Å². The van der Waals surface area contributed by atoms with Crippen LogP contribution in [0.4, 0.5) is 14.5 Å². The first-order valence-corrected chi connectivity index (χ1v) is 7.28. The number of carboxylic acids is 1. The van der Waals surface area contributed by atoms with E-state index in [1.54, 1.807) is 0 Å². The summed E-state index contributed by atoms with van der Waals surface area (Å²) in [6.07, 6.45) is 1.37. The van der Waals surface area contributed by atoms with Gasteiger partial charge in [-0.25, -0.2) is 13.8 Å². The zero-order valence-corrected chi connectivity index (χ0v) is 13.4. The van der Waals surface area contributed by atoms with Crippen LogP contribution in [0.15, 0.2) is 24.4 Å². The summed E-state index contributed by atoms with van der Waals surface area (Å²) < 4.78 is 30.4. The van der Waals surface area contributed by atoms with E-state index in [9.17, 15) is 23.5 Å². The molecule has 0 saturated carbocycles. The molecule has 0 radical (unpaired) electrons. The van der Waals surface area contributed by atoms with Gasteiger partial charge in [-0.2, -0.15) is 0 Å². The average molecular weight is 365 g/mol. The number of nitrogen functional groups attached to an aromatic ring is 1. The summed E-state index contributed by atoms with van der Waals surface area (Å²) in [5, 5.41) is 10.9. The fourth-order valence-corrected chi connectivity index (χ4v) is 2.71. The lowest BCUT2D eigenvalue weighted by atomic mass is 10.1. The van der Waals surface area contributed by atoms with Crippen molar-refractivity contribution in [1.29, 1.82) is 0 Å². The van der Waals surface area contributed by atoms with Crippen molar-refractivity contribution >= 4 is 40.1 Å². The van der Waals surface area contributed by atoms with Crippen LogP contribution in [0.25, 0.3) is 22.2 Å². The minimum atomic E-state index is -1.79. The number of halogens is 3. The summed E-state index contributed by atoms with van der Waals surface area (Å²) in [6.45, 7) is 1.23. The summed E-state index contributed by atoms with van der Waals surface area (Å²) >= 11 is 5.65. The highest BCUT2D eigenvalue weighted by Gasteiger charge is 2.23. The van der Waals surface area contributed by atoms with Crippen LogP contribution in [-0.4, -0.2) is 21.4 Å². The number of nitrogens with zero attached hydrogens (tertiary/aromatic N) is 2. The van der Waals surface area contributed by atoms with Gasteiger partial charge in [-0.15, -0.1) is 0 Å². The van der Waals surface area contributed by atoms with Gasteiger partial charge in [0.25, 0.3) is 0 Å². The Morgan fingerprint density at radius 1 is 1.24 bits per heavy atom. The van der Waals surface area contributed by atoms with Gasteiger partial charge in [0.1, 0.15) is 11.4 Å². The third-order valence-electron chi connectivity index (χ3n) is 3.69. The van der Waals surface area contributed by atoms with Crippen LogP contribution < -0.4 is 10.8 Å². The van der Waals surface area contributed by atoms with E-state index in [-0.39, 0.29) is 11.1 Å². The number of benzene rings is 1. The van der Waals surface area contributed by atoms with Crippen molar-refractivity contribution in [2.45, 2.75) is 6.92 Å². The van der Waals surface area contributed by atoms with Crippen LogP contribution in [0.2, 0.25) is 5.02 Å². The molecule has 0 amide bonds. The fourth-order valence-electron chi connectivity index (χ4n) is 2.51. The Hall–Kier alpha value is -3.00. The van der Waals surface area contributed by atoms with E-state index in [1.807, 2.05) is 0 Å². The summed E-state index contributed by atoms with van der Waals surface area (Å²) in [5.41, 5.74) is 2.87. The Morgan fingerprint density at radius 3 is 2.52 bits per heavy atom. The van der Waals surface area contributed by atoms with Crippen molar-refractivity contribution in [1.82, 2.24) is 9.55 Å². The van der Waals surface area contributed by atoms with E-state index in [4.69, 9.17) is 17.3 Å². The van der Waals surface area contributed by atoms with Crippen LogP contribution in [0, 0.1) is 11.6 Å². The van der Waals surface area contributed by atoms with E-state index in [2.05, 4.69) is 4.98 Å². The molecule has 0 fully saturated rings. The van der Waals surface area contributed by atoms with Crippen LogP contribution in [0.1, 0.15) is 22.2 Å². The van der Waals surface area contributed by atoms with E-state index in [0.717, 1.165) is 4.57 Å². The summed E-state index contributed by atoms with van der Waals surface area (Å²) in [5.74, 6) is -4.36. The second kappa shape index (κ2) is 5.82. The SMILES string of the molecule is CC(=O)n1ccc2ccc(-c3nc(C(=O)[O-])c(Cl)c(N)c3F)c(F)c21. The lowest BCUT2D eigenvalue weighted by molar-refractivity contribution is -0.255. The molecule has 0 aliphatic carbocycles. The molecule has 0 aliphatic rings. The van der Waals surface area contributed by atoms with Gasteiger partial charge in [0, 0.05) is 24.1 Å². The highest BCUT2D eigenvalue weighted by molar-refractivity contribution is 6.35. The second-order valence-electron chi connectivity index (χ2n) is 5.21. The highest BCUT2D eigenvalue weighted by Crippen LogP contribution is 2.35. The molecule has 6 nitrogen and oxygen atoms in total. The minimum Gasteiger partial charge on any atom is -0.543 e. The lowest BCUT2D eigenvalue weighted by Crippen LogP contribution is -2.25. The fraction of sp³-hybridized carbons (Fsp3) is 0.0625.